The number of thiophene rings is 1. The van der Waals surface area contributed by atoms with Gasteiger partial charge in [-0.05, 0) is 25.1 Å². The molecule has 2 atom stereocenters. The number of rotatable bonds is 9. The molecule has 2 aliphatic heterocycles. The van der Waals surface area contributed by atoms with Crippen molar-refractivity contribution in [2.45, 2.75) is 31.2 Å². The quantitative estimate of drug-likeness (QED) is 0.169. The van der Waals surface area contributed by atoms with E-state index in [1.807, 2.05) is 13.0 Å². The number of likely N-dealkylation sites (tertiary alicyclic amines) is 1. The van der Waals surface area contributed by atoms with Crippen molar-refractivity contribution in [1.29, 1.82) is 5.41 Å². The molecule has 1 aromatic heterocycles. The van der Waals surface area contributed by atoms with Crippen molar-refractivity contribution >= 4 is 40.7 Å². The van der Waals surface area contributed by atoms with Gasteiger partial charge in [0.15, 0.2) is 11.6 Å². The van der Waals surface area contributed by atoms with Gasteiger partial charge in [0.1, 0.15) is 11.9 Å². The van der Waals surface area contributed by atoms with E-state index < -0.39 is 23.6 Å². The van der Waals surface area contributed by atoms with Gasteiger partial charge in [0.05, 0.1) is 32.3 Å². The summed E-state index contributed by atoms with van der Waals surface area (Å²) in [6.07, 6.45) is 0.158. The third kappa shape index (κ3) is 6.25. The minimum Gasteiger partial charge on any atom is -0.384 e. The number of nitrogens with two attached hydrogens (primary N) is 1. The SMILES string of the molecule is C[C@@H](NC(=O)[C@@H]1CC2(CN1C(=O)CNC(=O)c1ccc(C(=O)c3ccccc3)cc1)OCCO2)c1cc(C(=N)N)cs1. The maximum Gasteiger partial charge on any atom is 0.251 e. The van der Waals surface area contributed by atoms with Crippen molar-refractivity contribution in [3.05, 3.63) is 93.2 Å². The zero-order valence-electron chi connectivity index (χ0n) is 22.9. The van der Waals surface area contributed by atoms with Crippen LogP contribution in [-0.2, 0) is 19.1 Å². The minimum atomic E-state index is -1.07. The molecule has 218 valence electrons. The molecule has 3 heterocycles. The number of nitrogens with one attached hydrogen (secondary N) is 3. The average molecular weight is 590 g/mol. The van der Waals surface area contributed by atoms with E-state index in [-0.39, 0.29) is 48.6 Å². The predicted molar refractivity (Wildman–Crippen MR) is 155 cm³/mol. The molecule has 0 aliphatic carbocycles. The van der Waals surface area contributed by atoms with Crippen LogP contribution < -0.4 is 16.4 Å². The number of benzene rings is 2. The molecule has 2 aromatic carbocycles. The molecule has 2 aliphatic rings. The Morgan fingerprint density at radius 1 is 1.02 bits per heavy atom. The molecule has 2 saturated heterocycles. The molecule has 5 rings (SSSR count). The van der Waals surface area contributed by atoms with Crippen molar-refractivity contribution in [2.24, 2.45) is 5.73 Å². The number of amides is 3. The Labute approximate surface area is 246 Å². The van der Waals surface area contributed by atoms with Crippen molar-refractivity contribution in [3.8, 4) is 0 Å². The number of nitrogens with zero attached hydrogens (tertiary/aromatic N) is 1. The van der Waals surface area contributed by atoms with E-state index >= 15 is 0 Å². The minimum absolute atomic E-state index is 0.0535. The molecule has 11 nitrogen and oxygen atoms in total. The zero-order chi connectivity index (χ0) is 29.9. The Morgan fingerprint density at radius 3 is 2.31 bits per heavy atom. The molecule has 3 amide bonds. The summed E-state index contributed by atoms with van der Waals surface area (Å²) in [4.78, 5) is 54.3. The molecule has 2 fully saturated rings. The first-order chi connectivity index (χ1) is 20.2. The predicted octanol–water partition coefficient (Wildman–Crippen LogP) is 2.21. The molecule has 0 unspecified atom stereocenters. The number of hydrogen-bond donors (Lipinski definition) is 4. The maximum atomic E-state index is 13.4. The van der Waals surface area contributed by atoms with E-state index in [1.54, 1.807) is 47.8 Å². The Hall–Kier alpha value is -4.39. The molecule has 3 aromatic rings. The lowest BCUT2D eigenvalue weighted by atomic mass is 10.0. The Morgan fingerprint density at radius 2 is 1.67 bits per heavy atom. The summed E-state index contributed by atoms with van der Waals surface area (Å²) in [5.74, 6) is -2.61. The second kappa shape index (κ2) is 12.2. The summed E-state index contributed by atoms with van der Waals surface area (Å²) in [6.45, 7) is 2.24. The number of nitrogen functional groups attached to an aromatic ring is 1. The summed E-state index contributed by atoms with van der Waals surface area (Å²) in [7, 11) is 0. The van der Waals surface area contributed by atoms with Crippen molar-refractivity contribution in [2.75, 3.05) is 26.3 Å². The standard InChI is InChI=1S/C30H31N5O6S/c1-18(24-13-22(16-42-24)27(31)32)34-29(39)23-14-30(40-11-12-41-30)17-35(23)25(36)15-33-28(38)21-9-7-20(8-10-21)26(37)19-5-3-2-4-6-19/h2-10,13,16,18,23H,11-12,14-15,17H2,1H3,(H3,31,32)(H,33,38)(H,34,39)/t18-,23+/m1/s1. The van der Waals surface area contributed by atoms with Crippen LogP contribution in [0.15, 0.2) is 66.0 Å². The third-order valence-electron chi connectivity index (χ3n) is 7.29. The van der Waals surface area contributed by atoms with Crippen molar-refractivity contribution in [1.82, 2.24) is 15.5 Å². The van der Waals surface area contributed by atoms with Gasteiger partial charge < -0.3 is 30.7 Å². The van der Waals surface area contributed by atoms with Crippen LogP contribution in [0.3, 0.4) is 0 Å². The summed E-state index contributed by atoms with van der Waals surface area (Å²) in [5.41, 5.74) is 7.41. The number of hydrogen-bond acceptors (Lipinski definition) is 8. The third-order valence-corrected chi connectivity index (χ3v) is 8.41. The van der Waals surface area contributed by atoms with Gasteiger partial charge in [-0.2, -0.15) is 0 Å². The summed E-state index contributed by atoms with van der Waals surface area (Å²) in [5, 5.41) is 14.9. The molecular formula is C30H31N5O6S. The molecule has 0 radical (unpaired) electrons. The fourth-order valence-electron chi connectivity index (χ4n) is 5.03. The highest BCUT2D eigenvalue weighted by Crippen LogP contribution is 2.35. The van der Waals surface area contributed by atoms with E-state index in [0.717, 1.165) is 4.88 Å². The number of ketones is 1. The summed E-state index contributed by atoms with van der Waals surface area (Å²) >= 11 is 1.38. The number of carbonyl (C=O) groups is 4. The second-order valence-corrected chi connectivity index (χ2v) is 11.1. The lowest BCUT2D eigenvalue weighted by Crippen LogP contribution is -2.49. The highest BCUT2D eigenvalue weighted by atomic mass is 32.1. The van der Waals surface area contributed by atoms with Gasteiger partial charge in [0.2, 0.25) is 11.8 Å². The number of carbonyl (C=O) groups excluding carboxylic acids is 4. The van der Waals surface area contributed by atoms with Crippen LogP contribution in [0.2, 0.25) is 0 Å². The highest BCUT2D eigenvalue weighted by molar-refractivity contribution is 7.10. The average Bonchev–Trinajstić information content (AvgIpc) is 3.77. The number of amidine groups is 1. The van der Waals surface area contributed by atoms with Crippen molar-refractivity contribution in [3.63, 3.8) is 0 Å². The Bertz CT molecular complexity index is 1500. The van der Waals surface area contributed by atoms with E-state index in [0.29, 0.717) is 29.9 Å². The molecule has 42 heavy (non-hydrogen) atoms. The topological polar surface area (TPSA) is 164 Å². The first kappa shape index (κ1) is 29.1. The van der Waals surface area contributed by atoms with E-state index in [9.17, 15) is 19.2 Å². The zero-order valence-corrected chi connectivity index (χ0v) is 23.7. The lowest BCUT2D eigenvalue weighted by molar-refractivity contribution is -0.152. The second-order valence-electron chi connectivity index (χ2n) is 10.2. The van der Waals surface area contributed by atoms with Gasteiger partial charge in [-0.15, -0.1) is 11.3 Å². The molecule has 0 bridgehead atoms. The van der Waals surface area contributed by atoms with Crippen LogP contribution in [-0.4, -0.2) is 72.4 Å². The monoisotopic (exact) mass is 589 g/mol. The summed E-state index contributed by atoms with van der Waals surface area (Å²) < 4.78 is 11.6. The molecule has 1 spiro atoms. The fourth-order valence-corrected chi connectivity index (χ4v) is 5.95. The first-order valence-electron chi connectivity index (χ1n) is 13.4. The van der Waals surface area contributed by atoms with Gasteiger partial charge in [0.25, 0.3) is 5.91 Å². The molecule has 5 N–H and O–H groups in total. The van der Waals surface area contributed by atoms with Crippen LogP contribution in [0, 0.1) is 5.41 Å². The van der Waals surface area contributed by atoms with Crippen LogP contribution in [0.25, 0.3) is 0 Å². The lowest BCUT2D eigenvalue weighted by Gasteiger charge is -2.25. The van der Waals surface area contributed by atoms with Crippen molar-refractivity contribution < 1.29 is 28.7 Å². The Kier molecular flexibility index (Phi) is 8.48. The van der Waals surface area contributed by atoms with Crippen LogP contribution >= 0.6 is 11.3 Å². The van der Waals surface area contributed by atoms with Gasteiger partial charge >= 0.3 is 0 Å². The van der Waals surface area contributed by atoms with E-state index in [2.05, 4.69) is 10.6 Å². The maximum absolute atomic E-state index is 13.4. The largest absolute Gasteiger partial charge is 0.384 e. The normalized spacial score (nSPS) is 18.0. The van der Waals surface area contributed by atoms with Crippen LogP contribution in [0.1, 0.15) is 56.1 Å². The number of ether oxygens (including phenoxy) is 2. The smallest absolute Gasteiger partial charge is 0.251 e. The van der Waals surface area contributed by atoms with Crippen LogP contribution in [0.5, 0.6) is 0 Å². The molecule has 0 saturated carbocycles. The first-order valence-corrected chi connectivity index (χ1v) is 14.3. The summed E-state index contributed by atoms with van der Waals surface area (Å²) in [6, 6.07) is 15.5. The van der Waals surface area contributed by atoms with Crippen LogP contribution in [0.4, 0.5) is 0 Å². The highest BCUT2D eigenvalue weighted by Gasteiger charge is 2.52. The molecule has 12 heteroatoms. The van der Waals surface area contributed by atoms with Gasteiger partial charge in [-0.25, -0.2) is 0 Å². The Balaban J connectivity index is 1.22. The molecular weight excluding hydrogens is 558 g/mol. The van der Waals surface area contributed by atoms with Gasteiger partial charge in [-0.3, -0.25) is 24.6 Å². The van der Waals surface area contributed by atoms with Gasteiger partial charge in [-0.1, -0.05) is 42.5 Å². The van der Waals surface area contributed by atoms with E-state index in [4.69, 9.17) is 20.6 Å². The van der Waals surface area contributed by atoms with Gasteiger partial charge in [0, 0.05) is 38.9 Å². The van der Waals surface area contributed by atoms with E-state index in [1.165, 1.54) is 28.4 Å². The fraction of sp³-hybridized carbons (Fsp3) is 0.300.